The zero-order chi connectivity index (χ0) is 17.8. The first kappa shape index (κ1) is 17.9. The molecule has 5 heteroatoms. The first-order valence-electron chi connectivity index (χ1n) is 9.23. The molecular weight excluding hydrogens is 332 g/mol. The summed E-state index contributed by atoms with van der Waals surface area (Å²) in [5, 5.41) is 4.09. The van der Waals surface area contributed by atoms with Crippen molar-refractivity contribution in [1.82, 2.24) is 10.2 Å². The maximum Gasteiger partial charge on any atom is 0.173 e. The standard InChI is InChI=1S/C20H26N2O2S/c1-3-5-13-24-17-12-7-6-9-14(17)19-18-15(10-8-11-16(18)23)22(4-2)20(25)21-19/h6-7,9,12,19H,3-5,8,10-11,13H2,1-2H3,(H,21,25). The van der Waals surface area contributed by atoms with Crippen LogP contribution in [0.1, 0.15) is 57.6 Å². The lowest BCUT2D eigenvalue weighted by atomic mass is 9.84. The monoisotopic (exact) mass is 358 g/mol. The molecule has 0 fully saturated rings. The maximum atomic E-state index is 12.7. The van der Waals surface area contributed by atoms with E-state index in [1.165, 1.54) is 0 Å². The van der Waals surface area contributed by atoms with Crippen LogP contribution in [-0.2, 0) is 4.79 Å². The molecule has 1 atom stereocenters. The average Bonchev–Trinajstić information content (AvgIpc) is 2.62. The molecule has 1 unspecified atom stereocenters. The Labute approximate surface area is 155 Å². The molecule has 0 saturated carbocycles. The highest BCUT2D eigenvalue weighted by Gasteiger charge is 2.37. The van der Waals surface area contributed by atoms with E-state index in [2.05, 4.69) is 24.1 Å². The van der Waals surface area contributed by atoms with E-state index in [1.807, 2.05) is 24.3 Å². The molecule has 0 radical (unpaired) electrons. The Kier molecular flexibility index (Phi) is 5.74. The van der Waals surface area contributed by atoms with Gasteiger partial charge in [-0.05, 0) is 44.5 Å². The Hall–Kier alpha value is -1.88. The summed E-state index contributed by atoms with van der Waals surface area (Å²) in [5.41, 5.74) is 2.96. The molecule has 25 heavy (non-hydrogen) atoms. The second-order valence-corrected chi connectivity index (χ2v) is 6.89. The van der Waals surface area contributed by atoms with Gasteiger partial charge in [0.25, 0.3) is 0 Å². The summed E-state index contributed by atoms with van der Waals surface area (Å²) in [6, 6.07) is 7.77. The number of nitrogens with one attached hydrogen (secondary N) is 1. The van der Waals surface area contributed by atoms with Crippen molar-refractivity contribution in [3.8, 4) is 5.75 Å². The number of ketones is 1. The van der Waals surface area contributed by atoms with E-state index >= 15 is 0 Å². The van der Waals surface area contributed by atoms with Crippen LogP contribution in [0, 0.1) is 0 Å². The number of hydrogen-bond acceptors (Lipinski definition) is 3. The lowest BCUT2D eigenvalue weighted by Gasteiger charge is -2.40. The van der Waals surface area contributed by atoms with Crippen LogP contribution in [0.5, 0.6) is 5.75 Å². The summed E-state index contributed by atoms with van der Waals surface area (Å²) in [5.74, 6) is 1.06. The zero-order valence-electron chi connectivity index (χ0n) is 15.0. The molecule has 4 nitrogen and oxygen atoms in total. The highest BCUT2D eigenvalue weighted by atomic mass is 32.1. The minimum absolute atomic E-state index is 0.212. The third kappa shape index (κ3) is 3.56. The van der Waals surface area contributed by atoms with Gasteiger partial charge in [-0.3, -0.25) is 4.79 Å². The number of rotatable bonds is 6. The molecule has 1 heterocycles. The first-order chi connectivity index (χ1) is 12.2. The van der Waals surface area contributed by atoms with Gasteiger partial charge >= 0.3 is 0 Å². The van der Waals surface area contributed by atoms with Crippen molar-refractivity contribution in [3.05, 3.63) is 41.1 Å². The normalized spacial score (nSPS) is 20.4. The van der Waals surface area contributed by atoms with Crippen LogP contribution in [0.15, 0.2) is 35.5 Å². The molecule has 3 rings (SSSR count). The van der Waals surface area contributed by atoms with E-state index in [-0.39, 0.29) is 11.8 Å². The van der Waals surface area contributed by atoms with E-state index < -0.39 is 0 Å². The molecule has 0 saturated heterocycles. The number of benzene rings is 1. The highest BCUT2D eigenvalue weighted by molar-refractivity contribution is 7.80. The second kappa shape index (κ2) is 8.00. The number of thiocarbonyl (C=S) groups is 1. The SMILES string of the molecule is CCCCOc1ccccc1C1NC(=S)N(CC)C2=C1C(=O)CCC2. The van der Waals surface area contributed by atoms with E-state index in [1.54, 1.807) is 0 Å². The molecule has 1 aliphatic heterocycles. The Morgan fingerprint density at radius 2 is 2.08 bits per heavy atom. The Bertz CT molecular complexity index is 699. The Balaban J connectivity index is 2.01. The number of carbonyl (C=O) groups excluding carboxylic acids is 1. The number of Topliss-reactive ketones (excluding diaryl/α,β-unsaturated/α-hetero) is 1. The minimum Gasteiger partial charge on any atom is -0.493 e. The van der Waals surface area contributed by atoms with E-state index in [0.29, 0.717) is 18.1 Å². The van der Waals surface area contributed by atoms with Crippen molar-refractivity contribution >= 4 is 23.1 Å². The summed E-state index contributed by atoms with van der Waals surface area (Å²) in [4.78, 5) is 14.8. The van der Waals surface area contributed by atoms with Gasteiger partial charge in [-0.1, -0.05) is 31.5 Å². The summed E-state index contributed by atoms with van der Waals surface area (Å²) < 4.78 is 6.00. The van der Waals surface area contributed by atoms with Gasteiger partial charge in [-0.25, -0.2) is 0 Å². The van der Waals surface area contributed by atoms with Gasteiger partial charge in [0, 0.05) is 29.8 Å². The van der Waals surface area contributed by atoms with Gasteiger partial charge in [0.05, 0.1) is 12.6 Å². The van der Waals surface area contributed by atoms with Gasteiger partial charge in [0.2, 0.25) is 0 Å². The van der Waals surface area contributed by atoms with E-state index in [4.69, 9.17) is 17.0 Å². The Morgan fingerprint density at radius 1 is 1.28 bits per heavy atom. The smallest absolute Gasteiger partial charge is 0.173 e. The average molecular weight is 359 g/mol. The van der Waals surface area contributed by atoms with Crippen LogP contribution in [0.4, 0.5) is 0 Å². The van der Waals surface area contributed by atoms with Crippen molar-refractivity contribution < 1.29 is 9.53 Å². The third-order valence-electron chi connectivity index (χ3n) is 4.86. The molecule has 0 bridgehead atoms. The number of carbonyl (C=O) groups is 1. The summed E-state index contributed by atoms with van der Waals surface area (Å²) in [6.07, 6.45) is 4.53. The van der Waals surface area contributed by atoms with E-state index in [9.17, 15) is 4.79 Å². The Morgan fingerprint density at radius 3 is 2.84 bits per heavy atom. The molecule has 1 N–H and O–H groups in total. The van der Waals surface area contributed by atoms with Crippen molar-refractivity contribution in [3.63, 3.8) is 0 Å². The minimum atomic E-state index is -0.212. The van der Waals surface area contributed by atoms with Crippen LogP contribution in [-0.4, -0.2) is 28.9 Å². The third-order valence-corrected chi connectivity index (χ3v) is 5.20. The molecule has 0 spiro atoms. The fourth-order valence-electron chi connectivity index (χ4n) is 3.60. The predicted octanol–water partition coefficient (Wildman–Crippen LogP) is 4.12. The van der Waals surface area contributed by atoms with Crippen LogP contribution in [0.3, 0.4) is 0 Å². The van der Waals surface area contributed by atoms with Gasteiger partial charge < -0.3 is 15.0 Å². The summed E-state index contributed by atoms with van der Waals surface area (Å²) >= 11 is 5.59. The van der Waals surface area contributed by atoms with Crippen molar-refractivity contribution in [2.75, 3.05) is 13.2 Å². The van der Waals surface area contributed by atoms with Crippen LogP contribution >= 0.6 is 12.2 Å². The van der Waals surface area contributed by atoms with Crippen LogP contribution < -0.4 is 10.1 Å². The maximum absolute atomic E-state index is 12.7. The summed E-state index contributed by atoms with van der Waals surface area (Å²) in [7, 11) is 0. The number of unbranched alkanes of at least 4 members (excludes halogenated alkanes) is 1. The topological polar surface area (TPSA) is 41.6 Å². The van der Waals surface area contributed by atoms with Crippen LogP contribution in [0.2, 0.25) is 0 Å². The fraction of sp³-hybridized carbons (Fsp3) is 0.500. The number of ether oxygens (including phenoxy) is 1. The molecule has 134 valence electrons. The van der Waals surface area contributed by atoms with Gasteiger partial charge in [-0.2, -0.15) is 0 Å². The lowest BCUT2D eigenvalue weighted by molar-refractivity contribution is -0.116. The molecule has 1 aromatic rings. The van der Waals surface area contributed by atoms with Crippen LogP contribution in [0.25, 0.3) is 0 Å². The molecule has 1 aromatic carbocycles. The number of hydrogen-bond donors (Lipinski definition) is 1. The van der Waals surface area contributed by atoms with Gasteiger partial charge in [-0.15, -0.1) is 0 Å². The van der Waals surface area contributed by atoms with Crippen molar-refractivity contribution in [1.29, 1.82) is 0 Å². The van der Waals surface area contributed by atoms with Gasteiger partial charge in [0.15, 0.2) is 10.9 Å². The molecule has 0 amide bonds. The number of allylic oxidation sites excluding steroid dienone is 1. The summed E-state index contributed by atoms with van der Waals surface area (Å²) in [6.45, 7) is 5.68. The largest absolute Gasteiger partial charge is 0.493 e. The number of nitrogens with zero attached hydrogens (tertiary/aromatic N) is 1. The first-order valence-corrected chi connectivity index (χ1v) is 9.64. The lowest BCUT2D eigenvalue weighted by Crippen LogP contribution is -2.49. The van der Waals surface area contributed by atoms with Crippen molar-refractivity contribution in [2.24, 2.45) is 0 Å². The van der Waals surface area contributed by atoms with Gasteiger partial charge in [0.1, 0.15) is 5.75 Å². The predicted molar refractivity (Wildman–Crippen MR) is 104 cm³/mol. The quantitative estimate of drug-likeness (QED) is 0.612. The molecule has 2 aliphatic rings. The molecular formula is C20H26N2O2S. The molecule has 0 aromatic heterocycles. The zero-order valence-corrected chi connectivity index (χ0v) is 15.8. The highest BCUT2D eigenvalue weighted by Crippen LogP contribution is 2.39. The van der Waals surface area contributed by atoms with Crippen molar-refractivity contribution in [2.45, 2.75) is 52.0 Å². The second-order valence-electron chi connectivity index (χ2n) is 6.50. The fourth-order valence-corrected chi connectivity index (χ4v) is 3.95. The molecule has 1 aliphatic carbocycles. The van der Waals surface area contributed by atoms with E-state index in [0.717, 1.165) is 54.8 Å². The number of para-hydroxylation sites is 1.